The van der Waals surface area contributed by atoms with Gasteiger partial charge in [-0.3, -0.25) is 0 Å². The standard InChI is InChI=1S/C31H64/c1-6-11-15-18-19-20-22-27-30(26-21-16-12-7-2)31(28-23-17-13-8-3)29(24-10-5)25-14-9-4/h29-31H,6-28H2,1-5H3/t29-,30+,31-/m1/s1. The summed E-state index contributed by atoms with van der Waals surface area (Å²) in [5.41, 5.74) is 0. The summed E-state index contributed by atoms with van der Waals surface area (Å²) in [6.45, 7) is 11.9. The van der Waals surface area contributed by atoms with Gasteiger partial charge in [0.15, 0.2) is 0 Å². The van der Waals surface area contributed by atoms with E-state index in [1.165, 1.54) is 148 Å². The van der Waals surface area contributed by atoms with Gasteiger partial charge in [-0.25, -0.2) is 0 Å². The Bertz CT molecular complexity index is 320. The maximum absolute atomic E-state index is 2.43. The van der Waals surface area contributed by atoms with E-state index in [4.69, 9.17) is 0 Å². The lowest BCUT2D eigenvalue weighted by molar-refractivity contribution is 0.158. The van der Waals surface area contributed by atoms with Gasteiger partial charge in [0.2, 0.25) is 0 Å². The summed E-state index contributed by atoms with van der Waals surface area (Å²) in [7, 11) is 0. The molecular formula is C31H64. The molecule has 0 amide bonds. The molecule has 0 saturated carbocycles. The molecule has 0 saturated heterocycles. The lowest BCUT2D eigenvalue weighted by Crippen LogP contribution is -2.25. The van der Waals surface area contributed by atoms with E-state index in [9.17, 15) is 0 Å². The van der Waals surface area contributed by atoms with Gasteiger partial charge in [0, 0.05) is 0 Å². The molecule has 0 aromatic rings. The molecule has 0 spiro atoms. The Morgan fingerprint density at radius 3 is 1.13 bits per heavy atom. The smallest absolute Gasteiger partial charge is 0.0357 e. The topological polar surface area (TPSA) is 0 Å². The SMILES string of the molecule is CCCCCCCCC[C@H](CCCCCC)[C@H](CCCCCC)[C@H](CCC)CCCC. The van der Waals surface area contributed by atoms with Crippen molar-refractivity contribution in [2.24, 2.45) is 17.8 Å². The minimum atomic E-state index is 1.01. The molecular weight excluding hydrogens is 372 g/mol. The fourth-order valence-corrected chi connectivity index (χ4v) is 5.84. The van der Waals surface area contributed by atoms with Crippen LogP contribution in [0.2, 0.25) is 0 Å². The lowest BCUT2D eigenvalue weighted by atomic mass is 9.71. The Morgan fingerprint density at radius 2 is 0.645 bits per heavy atom. The van der Waals surface area contributed by atoms with Crippen LogP contribution in [0.5, 0.6) is 0 Å². The van der Waals surface area contributed by atoms with Crippen LogP contribution < -0.4 is 0 Å². The normalized spacial score (nSPS) is 14.6. The Morgan fingerprint density at radius 1 is 0.290 bits per heavy atom. The zero-order valence-corrected chi connectivity index (χ0v) is 23.0. The molecule has 0 aliphatic rings. The fourth-order valence-electron chi connectivity index (χ4n) is 5.84. The Labute approximate surface area is 200 Å². The lowest BCUT2D eigenvalue weighted by Gasteiger charge is -2.35. The summed E-state index contributed by atoms with van der Waals surface area (Å²) in [4.78, 5) is 0. The van der Waals surface area contributed by atoms with Gasteiger partial charge >= 0.3 is 0 Å². The second-order valence-corrected chi connectivity index (χ2v) is 10.7. The largest absolute Gasteiger partial charge is 0.0654 e. The van der Waals surface area contributed by atoms with E-state index in [-0.39, 0.29) is 0 Å². The number of rotatable bonds is 25. The third-order valence-corrected chi connectivity index (χ3v) is 7.80. The van der Waals surface area contributed by atoms with Crippen molar-refractivity contribution in [2.75, 3.05) is 0 Å². The molecule has 0 fully saturated rings. The molecule has 0 bridgehead atoms. The van der Waals surface area contributed by atoms with Gasteiger partial charge in [-0.05, 0) is 24.2 Å². The van der Waals surface area contributed by atoms with E-state index in [2.05, 4.69) is 34.6 Å². The van der Waals surface area contributed by atoms with Crippen molar-refractivity contribution in [3.05, 3.63) is 0 Å². The quantitative estimate of drug-likeness (QED) is 0.125. The fraction of sp³-hybridized carbons (Fsp3) is 1.00. The van der Waals surface area contributed by atoms with E-state index in [1.807, 2.05) is 0 Å². The molecule has 0 heteroatoms. The first-order chi connectivity index (χ1) is 15.2. The van der Waals surface area contributed by atoms with Crippen molar-refractivity contribution in [3.8, 4) is 0 Å². The summed E-state index contributed by atoms with van der Waals surface area (Å²) >= 11 is 0. The minimum absolute atomic E-state index is 1.01. The second kappa shape index (κ2) is 24.6. The highest BCUT2D eigenvalue weighted by Gasteiger charge is 2.27. The van der Waals surface area contributed by atoms with Crippen LogP contribution in [0.4, 0.5) is 0 Å². The highest BCUT2D eigenvalue weighted by Crippen LogP contribution is 2.39. The molecule has 0 nitrogen and oxygen atoms in total. The molecule has 0 aromatic heterocycles. The van der Waals surface area contributed by atoms with E-state index < -0.39 is 0 Å². The molecule has 0 N–H and O–H groups in total. The van der Waals surface area contributed by atoms with Crippen LogP contribution in [0.1, 0.15) is 182 Å². The molecule has 188 valence electrons. The number of unbranched alkanes of at least 4 members (excludes halogenated alkanes) is 13. The average molecular weight is 437 g/mol. The van der Waals surface area contributed by atoms with Crippen molar-refractivity contribution in [2.45, 2.75) is 182 Å². The molecule has 0 aromatic carbocycles. The predicted molar refractivity (Wildman–Crippen MR) is 145 cm³/mol. The van der Waals surface area contributed by atoms with E-state index in [1.54, 1.807) is 0 Å². The van der Waals surface area contributed by atoms with Crippen LogP contribution in [0.15, 0.2) is 0 Å². The summed E-state index contributed by atoms with van der Waals surface area (Å²) in [6.07, 6.45) is 33.6. The maximum Gasteiger partial charge on any atom is -0.0357 e. The van der Waals surface area contributed by atoms with Crippen molar-refractivity contribution < 1.29 is 0 Å². The van der Waals surface area contributed by atoms with Gasteiger partial charge in [0.25, 0.3) is 0 Å². The zero-order valence-electron chi connectivity index (χ0n) is 23.0. The summed E-state index contributed by atoms with van der Waals surface area (Å²) in [6, 6.07) is 0. The van der Waals surface area contributed by atoms with Crippen LogP contribution in [0, 0.1) is 17.8 Å². The zero-order chi connectivity index (χ0) is 23.0. The van der Waals surface area contributed by atoms with Gasteiger partial charge in [-0.1, -0.05) is 176 Å². The van der Waals surface area contributed by atoms with Crippen LogP contribution in [0.25, 0.3) is 0 Å². The first kappa shape index (κ1) is 31.0. The molecule has 3 atom stereocenters. The van der Waals surface area contributed by atoms with Crippen molar-refractivity contribution in [1.82, 2.24) is 0 Å². The van der Waals surface area contributed by atoms with Crippen molar-refractivity contribution >= 4 is 0 Å². The van der Waals surface area contributed by atoms with E-state index in [0.29, 0.717) is 0 Å². The summed E-state index contributed by atoms with van der Waals surface area (Å²) < 4.78 is 0. The third kappa shape index (κ3) is 18.1. The van der Waals surface area contributed by atoms with Crippen LogP contribution in [0.3, 0.4) is 0 Å². The first-order valence-corrected chi connectivity index (χ1v) is 15.2. The molecule has 0 heterocycles. The van der Waals surface area contributed by atoms with Crippen LogP contribution in [-0.2, 0) is 0 Å². The van der Waals surface area contributed by atoms with Crippen LogP contribution >= 0.6 is 0 Å². The van der Waals surface area contributed by atoms with Gasteiger partial charge in [-0.2, -0.15) is 0 Å². The highest BCUT2D eigenvalue weighted by molar-refractivity contribution is 4.78. The molecule has 0 rings (SSSR count). The summed E-state index contributed by atoms with van der Waals surface area (Å²) in [5.74, 6) is 3.04. The number of hydrogen-bond acceptors (Lipinski definition) is 0. The average Bonchev–Trinajstić information content (AvgIpc) is 2.78. The Balaban J connectivity index is 4.97. The van der Waals surface area contributed by atoms with Crippen LogP contribution in [-0.4, -0.2) is 0 Å². The van der Waals surface area contributed by atoms with Gasteiger partial charge in [0.05, 0.1) is 0 Å². The second-order valence-electron chi connectivity index (χ2n) is 10.7. The Kier molecular flexibility index (Phi) is 24.6. The summed E-state index contributed by atoms with van der Waals surface area (Å²) in [5, 5.41) is 0. The molecule has 0 aliphatic heterocycles. The predicted octanol–water partition coefficient (Wildman–Crippen LogP) is 11.9. The Hall–Kier alpha value is 0. The third-order valence-electron chi connectivity index (χ3n) is 7.80. The monoisotopic (exact) mass is 437 g/mol. The van der Waals surface area contributed by atoms with E-state index in [0.717, 1.165) is 17.8 Å². The first-order valence-electron chi connectivity index (χ1n) is 15.2. The molecule has 0 aliphatic carbocycles. The molecule has 0 unspecified atom stereocenters. The maximum atomic E-state index is 2.43. The van der Waals surface area contributed by atoms with Crippen molar-refractivity contribution in [3.63, 3.8) is 0 Å². The number of hydrogen-bond donors (Lipinski definition) is 0. The van der Waals surface area contributed by atoms with Gasteiger partial charge in [-0.15, -0.1) is 0 Å². The molecule has 31 heavy (non-hydrogen) atoms. The van der Waals surface area contributed by atoms with E-state index >= 15 is 0 Å². The molecule has 0 radical (unpaired) electrons. The minimum Gasteiger partial charge on any atom is -0.0654 e. The van der Waals surface area contributed by atoms with Gasteiger partial charge < -0.3 is 0 Å². The highest BCUT2D eigenvalue weighted by atomic mass is 14.3. The van der Waals surface area contributed by atoms with Crippen molar-refractivity contribution in [1.29, 1.82) is 0 Å². The van der Waals surface area contributed by atoms with Gasteiger partial charge in [0.1, 0.15) is 0 Å².